The Balaban J connectivity index is 2.71. The zero-order chi connectivity index (χ0) is 10.6. The molecule has 1 saturated carbocycles. The average Bonchev–Trinajstić information content (AvgIpc) is 2.20. The third-order valence-electron chi connectivity index (χ3n) is 3.20. The van der Waals surface area contributed by atoms with Crippen LogP contribution in [0, 0.1) is 0 Å². The molecule has 0 saturated heterocycles. The van der Waals surface area contributed by atoms with Gasteiger partial charge >= 0.3 is 0 Å². The lowest BCUT2D eigenvalue weighted by Gasteiger charge is -2.25. The van der Waals surface area contributed by atoms with Gasteiger partial charge in [-0.3, -0.25) is 0 Å². The number of rotatable bonds is 4. The van der Waals surface area contributed by atoms with Gasteiger partial charge in [-0.2, -0.15) is 0 Å². The summed E-state index contributed by atoms with van der Waals surface area (Å²) in [6, 6.07) is 0. The maximum absolute atomic E-state index is 12.1. The van der Waals surface area contributed by atoms with Gasteiger partial charge in [0.25, 0.3) is 0 Å². The Morgan fingerprint density at radius 1 is 1.29 bits per heavy atom. The van der Waals surface area contributed by atoms with E-state index in [0.29, 0.717) is 6.42 Å². The molecule has 0 aromatic rings. The van der Waals surface area contributed by atoms with E-state index in [1.54, 1.807) is 0 Å². The van der Waals surface area contributed by atoms with Gasteiger partial charge in [0.2, 0.25) is 0 Å². The summed E-state index contributed by atoms with van der Waals surface area (Å²) in [5.74, 6) is 0. The minimum absolute atomic E-state index is 0.107. The minimum Gasteiger partial charge on any atom is -0.329 e. The first-order valence-corrected chi connectivity index (χ1v) is 7.16. The van der Waals surface area contributed by atoms with Crippen LogP contribution in [0.15, 0.2) is 0 Å². The highest BCUT2D eigenvalue weighted by atomic mass is 32.2. The van der Waals surface area contributed by atoms with Gasteiger partial charge in [-0.15, -0.1) is 0 Å². The number of sulfone groups is 1. The molecule has 1 aliphatic carbocycles. The molecule has 0 aliphatic heterocycles. The number of nitrogens with two attached hydrogens (primary N) is 1. The maximum atomic E-state index is 12.1. The smallest absolute Gasteiger partial charge is 0.157 e. The second-order valence-corrected chi connectivity index (χ2v) is 6.63. The molecule has 0 aromatic heterocycles. The normalized spacial score (nSPS) is 22.1. The summed E-state index contributed by atoms with van der Waals surface area (Å²) in [5.41, 5.74) is 5.50. The second-order valence-electron chi connectivity index (χ2n) is 4.12. The van der Waals surface area contributed by atoms with E-state index in [2.05, 4.69) is 0 Å². The molecule has 14 heavy (non-hydrogen) atoms. The van der Waals surface area contributed by atoms with Gasteiger partial charge in [0.15, 0.2) is 9.84 Å². The van der Waals surface area contributed by atoms with Crippen LogP contribution in [0.25, 0.3) is 0 Å². The van der Waals surface area contributed by atoms with Gasteiger partial charge in [-0.25, -0.2) is 8.42 Å². The summed E-state index contributed by atoms with van der Waals surface area (Å²) in [4.78, 5) is 0. The molecule has 0 bridgehead atoms. The van der Waals surface area contributed by atoms with E-state index in [4.69, 9.17) is 5.73 Å². The van der Waals surface area contributed by atoms with Gasteiger partial charge < -0.3 is 5.73 Å². The summed E-state index contributed by atoms with van der Waals surface area (Å²) < 4.78 is 24.1. The molecule has 3 nitrogen and oxygen atoms in total. The molecule has 84 valence electrons. The monoisotopic (exact) mass is 219 g/mol. The Kier molecular flexibility index (Phi) is 4.38. The zero-order valence-electron chi connectivity index (χ0n) is 8.91. The van der Waals surface area contributed by atoms with E-state index in [-0.39, 0.29) is 17.0 Å². The van der Waals surface area contributed by atoms with Crippen molar-refractivity contribution < 1.29 is 8.42 Å². The first kappa shape index (κ1) is 12.0. The molecule has 1 atom stereocenters. The van der Waals surface area contributed by atoms with Gasteiger partial charge in [-0.1, -0.05) is 26.2 Å². The summed E-state index contributed by atoms with van der Waals surface area (Å²) in [5, 5.41) is -0.421. The molecule has 0 radical (unpaired) electrons. The molecular weight excluding hydrogens is 198 g/mol. The predicted molar refractivity (Wildman–Crippen MR) is 58.9 cm³/mol. The minimum atomic E-state index is -2.95. The van der Waals surface area contributed by atoms with Gasteiger partial charge in [0.05, 0.1) is 10.5 Å². The van der Waals surface area contributed by atoms with Crippen LogP contribution in [0.2, 0.25) is 0 Å². The van der Waals surface area contributed by atoms with Crippen molar-refractivity contribution in [2.24, 2.45) is 5.73 Å². The van der Waals surface area contributed by atoms with Crippen molar-refractivity contribution in [2.75, 3.05) is 6.54 Å². The van der Waals surface area contributed by atoms with E-state index in [9.17, 15) is 8.42 Å². The standard InChI is InChI=1S/C10H21NO2S/c1-2-9(8-11)14(12,13)10-6-4-3-5-7-10/h9-10H,2-8,11H2,1H3. The zero-order valence-corrected chi connectivity index (χ0v) is 9.72. The Bertz CT molecular complexity index is 251. The lowest BCUT2D eigenvalue weighted by atomic mass is 10.0. The quantitative estimate of drug-likeness (QED) is 0.779. The molecule has 0 aromatic carbocycles. The molecule has 1 fully saturated rings. The first-order chi connectivity index (χ1) is 6.62. The van der Waals surface area contributed by atoms with Gasteiger partial charge in [-0.05, 0) is 19.3 Å². The average molecular weight is 219 g/mol. The molecular formula is C10H21NO2S. The van der Waals surface area contributed by atoms with E-state index in [1.807, 2.05) is 6.92 Å². The maximum Gasteiger partial charge on any atom is 0.157 e. The van der Waals surface area contributed by atoms with Crippen LogP contribution in [-0.2, 0) is 9.84 Å². The van der Waals surface area contributed by atoms with Crippen LogP contribution in [0.4, 0.5) is 0 Å². The Labute approximate surface area is 87.0 Å². The third kappa shape index (κ3) is 2.48. The van der Waals surface area contributed by atoms with E-state index in [0.717, 1.165) is 25.7 Å². The van der Waals surface area contributed by atoms with Crippen LogP contribution >= 0.6 is 0 Å². The lowest BCUT2D eigenvalue weighted by molar-refractivity contribution is 0.476. The van der Waals surface area contributed by atoms with Crippen molar-refractivity contribution in [2.45, 2.75) is 55.9 Å². The van der Waals surface area contributed by atoms with Crippen LogP contribution in [0.3, 0.4) is 0 Å². The topological polar surface area (TPSA) is 60.2 Å². The molecule has 1 aliphatic rings. The fourth-order valence-corrected chi connectivity index (χ4v) is 4.47. The summed E-state index contributed by atoms with van der Waals surface area (Å²) in [7, 11) is -2.95. The Morgan fingerprint density at radius 2 is 1.86 bits per heavy atom. The highest BCUT2D eigenvalue weighted by Crippen LogP contribution is 2.26. The molecule has 1 rings (SSSR count). The van der Waals surface area contributed by atoms with Crippen molar-refractivity contribution in [1.82, 2.24) is 0 Å². The fraction of sp³-hybridized carbons (Fsp3) is 1.00. The van der Waals surface area contributed by atoms with E-state index < -0.39 is 9.84 Å². The van der Waals surface area contributed by atoms with E-state index >= 15 is 0 Å². The fourth-order valence-electron chi connectivity index (χ4n) is 2.20. The van der Waals surface area contributed by atoms with Crippen molar-refractivity contribution in [3.05, 3.63) is 0 Å². The van der Waals surface area contributed by atoms with Crippen LogP contribution in [0.5, 0.6) is 0 Å². The van der Waals surface area contributed by atoms with Crippen LogP contribution < -0.4 is 5.73 Å². The van der Waals surface area contributed by atoms with Crippen molar-refractivity contribution in [3.8, 4) is 0 Å². The van der Waals surface area contributed by atoms with Gasteiger partial charge in [0, 0.05) is 6.54 Å². The van der Waals surface area contributed by atoms with Crippen LogP contribution in [0.1, 0.15) is 45.4 Å². The molecule has 1 unspecified atom stereocenters. The van der Waals surface area contributed by atoms with Crippen LogP contribution in [-0.4, -0.2) is 25.5 Å². The van der Waals surface area contributed by atoms with E-state index in [1.165, 1.54) is 6.42 Å². The molecule has 4 heteroatoms. The molecule has 0 amide bonds. The number of hydrogen-bond acceptors (Lipinski definition) is 3. The Morgan fingerprint density at radius 3 is 2.29 bits per heavy atom. The largest absolute Gasteiger partial charge is 0.329 e. The predicted octanol–water partition coefficient (Wildman–Crippen LogP) is 1.47. The SMILES string of the molecule is CCC(CN)S(=O)(=O)C1CCCCC1. The van der Waals surface area contributed by atoms with Crippen molar-refractivity contribution >= 4 is 9.84 Å². The molecule has 0 heterocycles. The summed E-state index contributed by atoms with van der Waals surface area (Å²) in [6.45, 7) is 2.17. The van der Waals surface area contributed by atoms with Crippen molar-refractivity contribution in [1.29, 1.82) is 0 Å². The third-order valence-corrected chi connectivity index (χ3v) is 6.06. The molecule has 0 spiro atoms. The number of hydrogen-bond donors (Lipinski definition) is 1. The second kappa shape index (κ2) is 5.12. The highest BCUT2D eigenvalue weighted by molar-refractivity contribution is 7.92. The Hall–Kier alpha value is -0.0900. The lowest BCUT2D eigenvalue weighted by Crippen LogP contribution is -2.37. The van der Waals surface area contributed by atoms with Gasteiger partial charge in [0.1, 0.15) is 0 Å². The summed E-state index contributed by atoms with van der Waals surface area (Å²) in [6.07, 6.45) is 5.65. The molecule has 2 N–H and O–H groups in total. The highest BCUT2D eigenvalue weighted by Gasteiger charge is 2.32. The van der Waals surface area contributed by atoms with Crippen molar-refractivity contribution in [3.63, 3.8) is 0 Å². The summed E-state index contributed by atoms with van der Waals surface area (Å²) >= 11 is 0. The first-order valence-electron chi connectivity index (χ1n) is 5.55.